The molecule has 0 radical (unpaired) electrons. The fourth-order valence-electron chi connectivity index (χ4n) is 4.02. The lowest BCUT2D eigenvalue weighted by molar-refractivity contribution is -0.115. The van der Waals surface area contributed by atoms with Crippen molar-refractivity contribution in [3.63, 3.8) is 0 Å². The summed E-state index contributed by atoms with van der Waals surface area (Å²) < 4.78 is 0. The second-order valence-electron chi connectivity index (χ2n) is 7.86. The molecule has 0 fully saturated rings. The Kier molecular flexibility index (Phi) is 5.86. The fourth-order valence-corrected chi connectivity index (χ4v) is 4.19. The molecular weight excluding hydrogens is 434 g/mol. The Bertz CT molecular complexity index is 1370. The minimum absolute atomic E-state index is 0.131. The van der Waals surface area contributed by atoms with Gasteiger partial charge in [0.1, 0.15) is 5.92 Å². The zero-order valence-electron chi connectivity index (χ0n) is 18.0. The van der Waals surface area contributed by atoms with E-state index < -0.39 is 5.92 Å². The third kappa shape index (κ3) is 4.35. The highest BCUT2D eigenvalue weighted by Crippen LogP contribution is 2.38. The molecule has 1 unspecified atom stereocenters. The van der Waals surface area contributed by atoms with Gasteiger partial charge >= 0.3 is 0 Å². The minimum atomic E-state index is -0.562. The number of hydrogen-bond donors (Lipinski definition) is 2. The van der Waals surface area contributed by atoms with E-state index in [9.17, 15) is 4.79 Å². The van der Waals surface area contributed by atoms with Gasteiger partial charge < -0.3 is 10.6 Å². The average Bonchev–Trinajstić information content (AvgIpc) is 3.16. The first-order chi connectivity index (χ1) is 16.1. The van der Waals surface area contributed by atoms with E-state index >= 15 is 0 Å². The highest BCUT2D eigenvalue weighted by Gasteiger charge is 2.35. The summed E-state index contributed by atoms with van der Waals surface area (Å²) in [6.07, 6.45) is 3.32. The molecule has 3 aromatic carbocycles. The van der Waals surface area contributed by atoms with Crippen LogP contribution in [-0.4, -0.2) is 28.1 Å². The summed E-state index contributed by atoms with van der Waals surface area (Å²) in [6, 6.07) is 19.3. The molecule has 0 aliphatic carbocycles. The molecule has 0 saturated carbocycles. The van der Waals surface area contributed by atoms with Crippen molar-refractivity contribution in [3.8, 4) is 0 Å². The summed E-state index contributed by atoms with van der Waals surface area (Å²) in [5.74, 6) is -0.693. The fraction of sp³-hybridized carbons (Fsp3) is 0.154. The molecule has 0 saturated heterocycles. The van der Waals surface area contributed by atoms with Crippen LogP contribution in [0, 0.1) is 0 Å². The lowest BCUT2D eigenvalue weighted by Gasteiger charge is -2.14. The largest absolute Gasteiger partial charge is 0.325 e. The predicted octanol–water partition coefficient (Wildman–Crippen LogP) is 5.25. The van der Waals surface area contributed by atoms with Gasteiger partial charge in [-0.25, -0.2) is 0 Å². The number of nitrogens with zero attached hydrogens (tertiary/aromatic N) is 3. The third-order valence-electron chi connectivity index (χ3n) is 5.65. The molecule has 1 aromatic heterocycles. The zero-order valence-corrected chi connectivity index (χ0v) is 18.8. The van der Waals surface area contributed by atoms with E-state index in [0.29, 0.717) is 16.4 Å². The molecule has 4 aromatic rings. The summed E-state index contributed by atoms with van der Waals surface area (Å²) in [6.45, 7) is 3.79. The van der Waals surface area contributed by atoms with Crippen molar-refractivity contribution in [3.05, 3.63) is 94.8 Å². The number of rotatable bonds is 6. The van der Waals surface area contributed by atoms with Gasteiger partial charge in [0.15, 0.2) is 0 Å². The standard InChI is InChI=1S/C26H22ClN5O/c1-2-28-15-16-3-7-19(8-4-16)31-25(17-5-10-21-23(13-17)30-12-11-29-21)24-20-9-6-18(27)14-22(20)32-26(24)33/h3-14,24,28H,2,15H2,1H3,(H,32,33). The lowest BCUT2D eigenvalue weighted by Crippen LogP contribution is -2.22. The number of nitrogens with one attached hydrogen (secondary N) is 2. The Hall–Kier alpha value is -3.61. The number of hydrogen-bond acceptors (Lipinski definition) is 5. The topological polar surface area (TPSA) is 79.3 Å². The van der Waals surface area contributed by atoms with E-state index in [2.05, 4.69) is 27.5 Å². The van der Waals surface area contributed by atoms with Crippen LogP contribution in [0.5, 0.6) is 0 Å². The van der Waals surface area contributed by atoms with Crippen LogP contribution in [0.1, 0.15) is 29.5 Å². The number of anilines is 1. The monoisotopic (exact) mass is 455 g/mol. The van der Waals surface area contributed by atoms with Crippen molar-refractivity contribution in [2.75, 3.05) is 11.9 Å². The van der Waals surface area contributed by atoms with E-state index in [1.165, 1.54) is 5.56 Å². The Balaban J connectivity index is 1.62. The number of benzene rings is 3. The van der Waals surface area contributed by atoms with Gasteiger partial charge in [0.25, 0.3) is 0 Å². The molecule has 1 aliphatic rings. The van der Waals surface area contributed by atoms with Gasteiger partial charge in [0.05, 0.1) is 22.4 Å². The Morgan fingerprint density at radius 2 is 1.82 bits per heavy atom. The summed E-state index contributed by atoms with van der Waals surface area (Å²) in [5.41, 5.74) is 6.53. The first-order valence-electron chi connectivity index (χ1n) is 10.8. The zero-order chi connectivity index (χ0) is 22.8. The van der Waals surface area contributed by atoms with Crippen LogP contribution in [0.2, 0.25) is 5.02 Å². The predicted molar refractivity (Wildman–Crippen MR) is 132 cm³/mol. The number of aliphatic imine (C=N–C) groups is 1. The van der Waals surface area contributed by atoms with Crippen LogP contribution in [0.15, 0.2) is 78.0 Å². The molecule has 1 amide bonds. The highest BCUT2D eigenvalue weighted by atomic mass is 35.5. The van der Waals surface area contributed by atoms with Gasteiger partial charge in [0.2, 0.25) is 5.91 Å². The molecule has 1 atom stereocenters. The summed E-state index contributed by atoms with van der Waals surface area (Å²) >= 11 is 6.16. The van der Waals surface area contributed by atoms with Crippen LogP contribution >= 0.6 is 11.6 Å². The normalized spacial score (nSPS) is 15.5. The number of aromatic nitrogens is 2. The van der Waals surface area contributed by atoms with E-state index in [1.54, 1.807) is 24.5 Å². The van der Waals surface area contributed by atoms with Crippen LogP contribution in [0.4, 0.5) is 11.4 Å². The van der Waals surface area contributed by atoms with Crippen molar-refractivity contribution in [1.29, 1.82) is 0 Å². The van der Waals surface area contributed by atoms with Gasteiger partial charge in [-0.1, -0.05) is 42.8 Å². The van der Waals surface area contributed by atoms with Crippen LogP contribution in [0.25, 0.3) is 11.0 Å². The molecule has 0 bridgehead atoms. The Morgan fingerprint density at radius 3 is 2.61 bits per heavy atom. The molecule has 2 N–H and O–H groups in total. The first-order valence-corrected chi connectivity index (χ1v) is 11.2. The molecule has 164 valence electrons. The molecule has 2 heterocycles. The molecule has 33 heavy (non-hydrogen) atoms. The number of halogens is 1. The van der Waals surface area contributed by atoms with Gasteiger partial charge in [0, 0.05) is 29.6 Å². The van der Waals surface area contributed by atoms with Crippen molar-refractivity contribution in [2.24, 2.45) is 4.99 Å². The Morgan fingerprint density at radius 1 is 1.03 bits per heavy atom. The molecule has 1 aliphatic heterocycles. The molecule has 7 heteroatoms. The Labute approximate surface area is 196 Å². The maximum absolute atomic E-state index is 13.1. The number of fused-ring (bicyclic) bond motifs is 2. The lowest BCUT2D eigenvalue weighted by atomic mass is 9.90. The van der Waals surface area contributed by atoms with Crippen LogP contribution in [0.3, 0.4) is 0 Å². The first kappa shape index (κ1) is 21.2. The molecular formula is C26H22ClN5O. The van der Waals surface area contributed by atoms with E-state index in [1.807, 2.05) is 48.5 Å². The maximum atomic E-state index is 13.1. The van der Waals surface area contributed by atoms with Gasteiger partial charge in [-0.2, -0.15) is 0 Å². The van der Waals surface area contributed by atoms with Crippen LogP contribution < -0.4 is 10.6 Å². The second-order valence-corrected chi connectivity index (χ2v) is 8.29. The summed E-state index contributed by atoms with van der Waals surface area (Å²) in [4.78, 5) is 26.9. The average molecular weight is 456 g/mol. The summed E-state index contributed by atoms with van der Waals surface area (Å²) in [7, 11) is 0. The number of carbonyl (C=O) groups is 1. The van der Waals surface area contributed by atoms with Gasteiger partial charge in [-0.3, -0.25) is 19.8 Å². The third-order valence-corrected chi connectivity index (χ3v) is 5.89. The molecule has 5 rings (SSSR count). The van der Waals surface area contributed by atoms with Gasteiger partial charge in [-0.15, -0.1) is 0 Å². The number of carbonyl (C=O) groups excluding carboxylic acids is 1. The van der Waals surface area contributed by atoms with Crippen molar-refractivity contribution < 1.29 is 4.79 Å². The molecule has 0 spiro atoms. The minimum Gasteiger partial charge on any atom is -0.325 e. The van der Waals surface area contributed by atoms with Crippen molar-refractivity contribution in [1.82, 2.24) is 15.3 Å². The van der Waals surface area contributed by atoms with Gasteiger partial charge in [-0.05, 0) is 59.6 Å². The van der Waals surface area contributed by atoms with Crippen molar-refractivity contribution in [2.45, 2.75) is 19.4 Å². The maximum Gasteiger partial charge on any atom is 0.238 e. The van der Waals surface area contributed by atoms with E-state index in [-0.39, 0.29) is 5.91 Å². The number of amides is 1. The SMILES string of the molecule is CCNCc1ccc(N=C(c2ccc3nccnc3c2)C2C(=O)Nc3cc(Cl)ccc32)cc1. The van der Waals surface area contributed by atoms with E-state index in [0.717, 1.165) is 40.9 Å². The second kappa shape index (κ2) is 9.10. The molecule has 6 nitrogen and oxygen atoms in total. The smallest absolute Gasteiger partial charge is 0.238 e. The quantitative estimate of drug-likeness (QED) is 0.389. The highest BCUT2D eigenvalue weighted by molar-refractivity contribution is 6.31. The van der Waals surface area contributed by atoms with Crippen molar-refractivity contribution >= 4 is 45.6 Å². The van der Waals surface area contributed by atoms with E-state index in [4.69, 9.17) is 16.6 Å². The van der Waals surface area contributed by atoms with Crippen LogP contribution in [-0.2, 0) is 11.3 Å². The summed E-state index contributed by atoms with van der Waals surface area (Å²) in [5, 5.41) is 6.85.